The van der Waals surface area contributed by atoms with Crippen LogP contribution in [0.1, 0.15) is 39.5 Å². The number of fused-ring (bicyclic) bond motifs is 2. The van der Waals surface area contributed by atoms with E-state index >= 15 is 0 Å². The molecule has 6 aromatic rings. The molecule has 1 aliphatic rings. The second kappa shape index (κ2) is 11.8. The largest absolute Gasteiger partial charge is 0.496 e. The van der Waals surface area contributed by atoms with E-state index in [9.17, 15) is 4.79 Å². The predicted molar refractivity (Wildman–Crippen MR) is 171 cm³/mol. The van der Waals surface area contributed by atoms with Crippen molar-refractivity contribution in [3.8, 4) is 28.1 Å². The lowest BCUT2D eigenvalue weighted by Crippen LogP contribution is -2.35. The van der Waals surface area contributed by atoms with Crippen LogP contribution in [-0.4, -0.2) is 71.9 Å². The molecular weight excluding hydrogens is 615 g/mol. The first-order valence-corrected chi connectivity index (χ1v) is 16.1. The van der Waals surface area contributed by atoms with Gasteiger partial charge in [-0.05, 0) is 47.9 Å². The summed E-state index contributed by atoms with van der Waals surface area (Å²) in [6.45, 7) is 1.56. The molecule has 1 fully saturated rings. The van der Waals surface area contributed by atoms with E-state index in [1.165, 1.54) is 11.3 Å². The SMILES string of the molecule is COc1cc(OCc2csc(C3(c4ccc(C(=O)N(C)C)cc4)CCOCC3)n2)c2cc(-c3cnc4sc(OC)nn34)oc2c1. The molecule has 0 unspecified atom stereocenters. The highest BCUT2D eigenvalue weighted by molar-refractivity contribution is 7.18. The minimum absolute atomic E-state index is 0.0190. The summed E-state index contributed by atoms with van der Waals surface area (Å²) in [5.41, 5.74) is 3.65. The Morgan fingerprint density at radius 3 is 2.62 bits per heavy atom. The summed E-state index contributed by atoms with van der Waals surface area (Å²) in [5, 5.41) is 8.84. The Bertz CT molecular complexity index is 1980. The van der Waals surface area contributed by atoms with E-state index in [1.807, 2.05) is 35.7 Å². The quantitative estimate of drug-likeness (QED) is 0.185. The fraction of sp³-hybridized carbons (Fsp3) is 0.312. The van der Waals surface area contributed by atoms with E-state index in [0.29, 0.717) is 57.5 Å². The number of carbonyl (C=O) groups excluding carboxylic acids is 1. The molecule has 11 nitrogen and oxygen atoms in total. The minimum Gasteiger partial charge on any atom is -0.496 e. The highest BCUT2D eigenvalue weighted by Gasteiger charge is 2.39. The van der Waals surface area contributed by atoms with Gasteiger partial charge in [-0.3, -0.25) is 4.79 Å². The highest BCUT2D eigenvalue weighted by atomic mass is 32.1. The van der Waals surface area contributed by atoms with Gasteiger partial charge in [0.05, 0.1) is 36.9 Å². The van der Waals surface area contributed by atoms with Gasteiger partial charge in [-0.25, -0.2) is 9.97 Å². The molecule has 0 bridgehead atoms. The average molecular weight is 646 g/mol. The van der Waals surface area contributed by atoms with Crippen LogP contribution in [0.2, 0.25) is 0 Å². The molecule has 0 saturated carbocycles. The zero-order valence-electron chi connectivity index (χ0n) is 25.2. The maximum absolute atomic E-state index is 12.5. The number of hydrogen-bond acceptors (Lipinski definition) is 11. The minimum atomic E-state index is -0.293. The van der Waals surface area contributed by atoms with Gasteiger partial charge < -0.3 is 28.3 Å². The van der Waals surface area contributed by atoms with Crippen LogP contribution in [0.5, 0.6) is 16.7 Å². The lowest BCUT2D eigenvalue weighted by atomic mass is 9.74. The predicted octanol–water partition coefficient (Wildman–Crippen LogP) is 6.06. The number of nitrogens with zero attached hydrogens (tertiary/aromatic N) is 5. The van der Waals surface area contributed by atoms with Crippen LogP contribution >= 0.6 is 22.7 Å². The number of amides is 1. The van der Waals surface area contributed by atoms with Gasteiger partial charge in [-0.1, -0.05) is 12.1 Å². The Labute approximate surface area is 266 Å². The van der Waals surface area contributed by atoms with E-state index in [2.05, 4.69) is 22.2 Å². The monoisotopic (exact) mass is 645 g/mol. The van der Waals surface area contributed by atoms with Gasteiger partial charge in [0, 0.05) is 50.4 Å². The van der Waals surface area contributed by atoms with E-state index in [0.717, 1.165) is 34.5 Å². The zero-order valence-corrected chi connectivity index (χ0v) is 26.9. The van der Waals surface area contributed by atoms with Gasteiger partial charge in [0.2, 0.25) is 4.96 Å². The first-order valence-electron chi connectivity index (χ1n) is 14.4. The molecule has 1 aliphatic heterocycles. The summed E-state index contributed by atoms with van der Waals surface area (Å²) < 4.78 is 30.9. The van der Waals surface area contributed by atoms with E-state index < -0.39 is 0 Å². The van der Waals surface area contributed by atoms with E-state index in [4.69, 9.17) is 28.3 Å². The molecule has 0 aliphatic carbocycles. The Morgan fingerprint density at radius 1 is 1.09 bits per heavy atom. The van der Waals surface area contributed by atoms with Gasteiger partial charge >= 0.3 is 0 Å². The lowest BCUT2D eigenvalue weighted by molar-refractivity contribution is 0.0629. The van der Waals surface area contributed by atoms with Crippen molar-refractivity contribution >= 4 is 44.5 Å². The van der Waals surface area contributed by atoms with Crippen LogP contribution in [0.4, 0.5) is 0 Å². The van der Waals surface area contributed by atoms with Crippen molar-refractivity contribution in [2.75, 3.05) is 41.5 Å². The number of thiazole rings is 1. The normalized spacial score (nSPS) is 14.6. The topological polar surface area (TPSA) is 113 Å². The van der Waals surface area contributed by atoms with Crippen molar-refractivity contribution in [3.63, 3.8) is 0 Å². The molecule has 13 heteroatoms. The molecule has 232 valence electrons. The second-order valence-electron chi connectivity index (χ2n) is 11.0. The van der Waals surface area contributed by atoms with E-state index in [-0.39, 0.29) is 17.9 Å². The van der Waals surface area contributed by atoms with Gasteiger partial charge in [0.25, 0.3) is 11.1 Å². The number of carbonyl (C=O) groups is 1. The van der Waals surface area contributed by atoms with Crippen LogP contribution in [0.25, 0.3) is 27.4 Å². The Hall–Kier alpha value is -4.46. The molecule has 0 spiro atoms. The van der Waals surface area contributed by atoms with Crippen LogP contribution in [-0.2, 0) is 16.8 Å². The molecule has 45 heavy (non-hydrogen) atoms. The molecular formula is C32H31N5O6S2. The lowest BCUT2D eigenvalue weighted by Gasteiger charge is -2.36. The molecule has 4 aromatic heterocycles. The van der Waals surface area contributed by atoms with Crippen molar-refractivity contribution in [2.24, 2.45) is 0 Å². The van der Waals surface area contributed by atoms with Crippen molar-refractivity contribution < 1.29 is 28.2 Å². The third kappa shape index (κ3) is 5.30. The number of imidazole rings is 1. The molecule has 0 radical (unpaired) electrons. The van der Waals surface area contributed by atoms with Crippen molar-refractivity contribution in [2.45, 2.75) is 24.9 Å². The number of rotatable bonds is 9. The van der Waals surface area contributed by atoms with Gasteiger partial charge in [-0.15, -0.1) is 16.4 Å². The number of ether oxygens (including phenoxy) is 4. The smallest absolute Gasteiger partial charge is 0.294 e. The Kier molecular flexibility index (Phi) is 7.68. The summed E-state index contributed by atoms with van der Waals surface area (Å²) in [4.78, 5) is 24.3. The Morgan fingerprint density at radius 2 is 1.89 bits per heavy atom. The summed E-state index contributed by atoms with van der Waals surface area (Å²) in [6.07, 6.45) is 3.34. The van der Waals surface area contributed by atoms with Gasteiger partial charge in [0.1, 0.15) is 34.4 Å². The molecule has 2 aromatic carbocycles. The average Bonchev–Trinajstić information content (AvgIpc) is 3.87. The van der Waals surface area contributed by atoms with E-state index in [1.54, 1.807) is 55.3 Å². The van der Waals surface area contributed by atoms with Crippen LogP contribution in [0.15, 0.2) is 58.5 Å². The zero-order chi connectivity index (χ0) is 31.1. The molecule has 1 saturated heterocycles. The van der Waals surface area contributed by atoms with Crippen molar-refractivity contribution in [3.05, 3.63) is 75.9 Å². The van der Waals surface area contributed by atoms with Crippen molar-refractivity contribution in [1.29, 1.82) is 0 Å². The van der Waals surface area contributed by atoms with Gasteiger partial charge in [0.15, 0.2) is 5.76 Å². The summed E-state index contributed by atoms with van der Waals surface area (Å²) in [7, 11) is 6.71. The maximum atomic E-state index is 12.5. The highest BCUT2D eigenvalue weighted by Crippen LogP contribution is 2.43. The van der Waals surface area contributed by atoms with Crippen molar-refractivity contribution in [1.82, 2.24) is 24.5 Å². The summed E-state index contributed by atoms with van der Waals surface area (Å²) in [6, 6.07) is 13.5. The van der Waals surface area contributed by atoms with Crippen LogP contribution < -0.4 is 14.2 Å². The van der Waals surface area contributed by atoms with Crippen LogP contribution in [0, 0.1) is 0 Å². The maximum Gasteiger partial charge on any atom is 0.294 e. The fourth-order valence-corrected chi connectivity index (χ4v) is 7.43. The molecule has 5 heterocycles. The first kappa shape index (κ1) is 29.3. The number of methoxy groups -OCH3 is 2. The van der Waals surface area contributed by atoms with Gasteiger partial charge in [-0.2, -0.15) is 4.52 Å². The molecule has 1 amide bonds. The number of furan rings is 1. The summed E-state index contributed by atoms with van der Waals surface area (Å²) >= 11 is 2.98. The first-order chi connectivity index (χ1) is 21.9. The molecule has 7 rings (SSSR count). The second-order valence-corrected chi connectivity index (χ2v) is 12.7. The third-order valence-electron chi connectivity index (χ3n) is 8.08. The number of hydrogen-bond donors (Lipinski definition) is 0. The fourth-order valence-electron chi connectivity index (χ4n) is 5.65. The van der Waals surface area contributed by atoms with Crippen LogP contribution in [0.3, 0.4) is 0 Å². The number of benzene rings is 2. The molecule has 0 atom stereocenters. The Balaban J connectivity index is 1.16. The number of aromatic nitrogens is 4. The standard InChI is InChI=1S/C32H31N5O6S2/c1-36(2)28(38)19-5-7-20(8-6-19)32(9-11-41-12-10-32)29-34-21(18-44-29)17-42-25-13-22(39-3)14-26-23(25)15-27(43-26)24-16-33-30-37(24)35-31(40-4)45-30/h5-8,13-16,18H,9-12,17H2,1-4H3. The third-order valence-corrected chi connectivity index (χ3v) is 10.1. The summed E-state index contributed by atoms with van der Waals surface area (Å²) in [5.74, 6) is 1.81. The molecule has 0 N–H and O–H groups in total.